The second-order valence-electron chi connectivity index (χ2n) is 4.54. The maximum atomic E-state index is 9.66. The zero-order valence-corrected chi connectivity index (χ0v) is 9.82. The molecule has 1 aromatic rings. The molecule has 1 heterocycles. The molecular weight excluding hydrogens is 198 g/mol. The number of nitrogens with zero attached hydrogens (tertiary/aromatic N) is 1. The van der Waals surface area contributed by atoms with Gasteiger partial charge in [-0.05, 0) is 43.5 Å². The fourth-order valence-corrected chi connectivity index (χ4v) is 2.30. The molecule has 0 saturated carbocycles. The minimum Gasteiger partial charge on any atom is -0.508 e. The number of aromatic hydroxyl groups is 1. The van der Waals surface area contributed by atoms with Gasteiger partial charge in [-0.3, -0.25) is 4.90 Å². The highest BCUT2D eigenvalue weighted by atomic mass is 16.3. The smallest absolute Gasteiger partial charge is 0.118 e. The van der Waals surface area contributed by atoms with Gasteiger partial charge in [0.25, 0.3) is 0 Å². The van der Waals surface area contributed by atoms with Gasteiger partial charge in [-0.25, -0.2) is 0 Å². The SMILES string of the molecule is C=CC1CCCN1Cc1ccc(C)c(O)c1. The molecule has 1 aliphatic heterocycles. The van der Waals surface area contributed by atoms with Crippen LogP contribution in [0.1, 0.15) is 24.0 Å². The van der Waals surface area contributed by atoms with E-state index in [0.717, 1.165) is 18.7 Å². The van der Waals surface area contributed by atoms with Gasteiger partial charge in [-0.15, -0.1) is 6.58 Å². The lowest BCUT2D eigenvalue weighted by Gasteiger charge is -2.21. The van der Waals surface area contributed by atoms with Gasteiger partial charge < -0.3 is 5.11 Å². The first-order valence-electron chi connectivity index (χ1n) is 5.86. The molecule has 0 amide bonds. The van der Waals surface area contributed by atoms with Crippen LogP contribution in [-0.4, -0.2) is 22.6 Å². The molecule has 1 fully saturated rings. The lowest BCUT2D eigenvalue weighted by molar-refractivity contribution is 0.281. The number of phenols is 1. The third-order valence-electron chi connectivity index (χ3n) is 3.35. The number of hydrogen-bond donors (Lipinski definition) is 1. The highest BCUT2D eigenvalue weighted by Crippen LogP contribution is 2.23. The van der Waals surface area contributed by atoms with Crippen molar-refractivity contribution in [3.8, 4) is 5.75 Å². The lowest BCUT2D eigenvalue weighted by atomic mass is 10.1. The first-order valence-corrected chi connectivity index (χ1v) is 5.86. The van der Waals surface area contributed by atoms with Crippen LogP contribution in [0.4, 0.5) is 0 Å². The number of hydrogen-bond acceptors (Lipinski definition) is 2. The maximum absolute atomic E-state index is 9.66. The summed E-state index contributed by atoms with van der Waals surface area (Å²) in [6.45, 7) is 7.83. The molecule has 1 N–H and O–H groups in total. The predicted octanol–water partition coefficient (Wildman–Crippen LogP) is 2.85. The van der Waals surface area contributed by atoms with E-state index in [1.165, 1.54) is 18.4 Å². The Labute approximate surface area is 97.2 Å². The Morgan fingerprint density at radius 3 is 3.06 bits per heavy atom. The largest absolute Gasteiger partial charge is 0.508 e. The van der Waals surface area contributed by atoms with Gasteiger partial charge in [0.05, 0.1) is 0 Å². The van der Waals surface area contributed by atoms with E-state index in [1.54, 1.807) is 0 Å². The summed E-state index contributed by atoms with van der Waals surface area (Å²) in [5.74, 6) is 0.395. The van der Waals surface area contributed by atoms with E-state index >= 15 is 0 Å². The Morgan fingerprint density at radius 2 is 2.38 bits per heavy atom. The van der Waals surface area contributed by atoms with Crippen LogP contribution in [0.2, 0.25) is 0 Å². The van der Waals surface area contributed by atoms with Crippen molar-refractivity contribution in [1.29, 1.82) is 0 Å². The van der Waals surface area contributed by atoms with Crippen molar-refractivity contribution in [3.05, 3.63) is 42.0 Å². The summed E-state index contributed by atoms with van der Waals surface area (Å²) < 4.78 is 0. The van der Waals surface area contributed by atoms with E-state index in [0.29, 0.717) is 11.8 Å². The predicted molar refractivity (Wildman–Crippen MR) is 66.5 cm³/mol. The standard InChI is InChI=1S/C14H19NO/c1-3-13-5-4-8-15(13)10-12-7-6-11(2)14(16)9-12/h3,6-7,9,13,16H,1,4-5,8,10H2,2H3. The minimum atomic E-state index is 0.395. The van der Waals surface area contributed by atoms with Gasteiger partial charge in [0.1, 0.15) is 5.75 Å². The maximum Gasteiger partial charge on any atom is 0.118 e. The molecule has 1 unspecified atom stereocenters. The van der Waals surface area contributed by atoms with Crippen LogP contribution in [0, 0.1) is 6.92 Å². The first-order chi connectivity index (χ1) is 7.70. The van der Waals surface area contributed by atoms with Gasteiger partial charge in [0.15, 0.2) is 0 Å². The Kier molecular flexibility index (Phi) is 3.30. The summed E-state index contributed by atoms with van der Waals surface area (Å²) in [7, 11) is 0. The lowest BCUT2D eigenvalue weighted by Crippen LogP contribution is -2.26. The van der Waals surface area contributed by atoms with Gasteiger partial charge in [-0.1, -0.05) is 18.2 Å². The summed E-state index contributed by atoms with van der Waals surface area (Å²) >= 11 is 0. The molecule has 16 heavy (non-hydrogen) atoms. The molecule has 0 spiro atoms. The Hall–Kier alpha value is -1.28. The van der Waals surface area contributed by atoms with Crippen molar-refractivity contribution in [1.82, 2.24) is 4.90 Å². The van der Waals surface area contributed by atoms with Gasteiger partial charge in [-0.2, -0.15) is 0 Å². The first kappa shape index (κ1) is 11.2. The molecule has 0 aromatic heterocycles. The second-order valence-corrected chi connectivity index (χ2v) is 4.54. The van der Waals surface area contributed by atoms with Crippen LogP contribution in [0.5, 0.6) is 5.75 Å². The number of phenolic OH excluding ortho intramolecular Hbond substituents is 1. The summed E-state index contributed by atoms with van der Waals surface area (Å²) in [4.78, 5) is 2.41. The Morgan fingerprint density at radius 1 is 1.56 bits per heavy atom. The second kappa shape index (κ2) is 4.71. The summed E-state index contributed by atoms with van der Waals surface area (Å²) in [6, 6.07) is 6.44. The quantitative estimate of drug-likeness (QED) is 0.787. The zero-order valence-electron chi connectivity index (χ0n) is 9.82. The number of likely N-dealkylation sites (tertiary alicyclic amines) is 1. The van der Waals surface area contributed by atoms with E-state index < -0.39 is 0 Å². The van der Waals surface area contributed by atoms with E-state index in [4.69, 9.17) is 0 Å². The van der Waals surface area contributed by atoms with E-state index in [2.05, 4.69) is 17.5 Å². The average Bonchev–Trinajstić information content (AvgIpc) is 2.71. The molecule has 0 bridgehead atoms. The van der Waals surface area contributed by atoms with Crippen LogP contribution in [0.15, 0.2) is 30.9 Å². The van der Waals surface area contributed by atoms with Gasteiger partial charge >= 0.3 is 0 Å². The molecule has 1 aromatic carbocycles. The third kappa shape index (κ3) is 2.27. The van der Waals surface area contributed by atoms with Gasteiger partial charge in [0, 0.05) is 12.6 Å². The molecular formula is C14H19NO. The minimum absolute atomic E-state index is 0.395. The highest BCUT2D eigenvalue weighted by molar-refractivity contribution is 5.35. The van der Waals surface area contributed by atoms with Crippen molar-refractivity contribution in [2.45, 2.75) is 32.4 Å². The van der Waals surface area contributed by atoms with Crippen molar-refractivity contribution in [2.75, 3.05) is 6.54 Å². The van der Waals surface area contributed by atoms with Gasteiger partial charge in [0.2, 0.25) is 0 Å². The molecule has 1 atom stereocenters. The third-order valence-corrected chi connectivity index (χ3v) is 3.35. The van der Waals surface area contributed by atoms with E-state index in [1.807, 2.05) is 25.1 Å². The monoisotopic (exact) mass is 217 g/mol. The molecule has 2 rings (SSSR count). The summed E-state index contributed by atoms with van der Waals surface area (Å²) in [5.41, 5.74) is 2.11. The van der Waals surface area contributed by atoms with E-state index in [-0.39, 0.29) is 0 Å². The molecule has 0 radical (unpaired) electrons. The zero-order chi connectivity index (χ0) is 11.5. The van der Waals surface area contributed by atoms with Crippen LogP contribution >= 0.6 is 0 Å². The molecule has 1 saturated heterocycles. The van der Waals surface area contributed by atoms with Crippen LogP contribution in [0.25, 0.3) is 0 Å². The van der Waals surface area contributed by atoms with Crippen LogP contribution in [-0.2, 0) is 6.54 Å². The number of benzene rings is 1. The molecule has 2 nitrogen and oxygen atoms in total. The van der Waals surface area contributed by atoms with Crippen LogP contribution in [0.3, 0.4) is 0 Å². The van der Waals surface area contributed by atoms with Crippen molar-refractivity contribution < 1.29 is 5.11 Å². The molecule has 2 heteroatoms. The number of rotatable bonds is 3. The Bertz CT molecular complexity index is 386. The molecule has 1 aliphatic rings. The fourth-order valence-electron chi connectivity index (χ4n) is 2.30. The number of aryl methyl sites for hydroxylation is 1. The van der Waals surface area contributed by atoms with Crippen LogP contribution < -0.4 is 0 Å². The summed E-state index contributed by atoms with van der Waals surface area (Å²) in [6.07, 6.45) is 4.48. The average molecular weight is 217 g/mol. The molecule has 0 aliphatic carbocycles. The fraction of sp³-hybridized carbons (Fsp3) is 0.429. The molecule has 86 valence electrons. The normalized spacial score (nSPS) is 21.2. The Balaban J connectivity index is 2.08. The summed E-state index contributed by atoms with van der Waals surface area (Å²) in [5, 5.41) is 9.66. The van der Waals surface area contributed by atoms with Crippen molar-refractivity contribution >= 4 is 0 Å². The van der Waals surface area contributed by atoms with E-state index in [9.17, 15) is 5.11 Å². The van der Waals surface area contributed by atoms with Crippen molar-refractivity contribution in [3.63, 3.8) is 0 Å². The van der Waals surface area contributed by atoms with Crippen molar-refractivity contribution in [2.24, 2.45) is 0 Å². The highest BCUT2D eigenvalue weighted by Gasteiger charge is 2.21. The topological polar surface area (TPSA) is 23.5 Å².